The summed E-state index contributed by atoms with van der Waals surface area (Å²) < 4.78 is 1.67. The van der Waals surface area contributed by atoms with E-state index >= 15 is 0 Å². The molecule has 0 aliphatic carbocycles. The molecule has 146 valence electrons. The van der Waals surface area contributed by atoms with Crippen LogP contribution < -0.4 is 17.0 Å². The quantitative estimate of drug-likeness (QED) is 0.383. The van der Waals surface area contributed by atoms with Crippen LogP contribution in [-0.2, 0) is 12.3 Å². The van der Waals surface area contributed by atoms with E-state index in [1.165, 1.54) is 11.8 Å². The lowest BCUT2D eigenvalue weighted by atomic mass is 10.1. The van der Waals surface area contributed by atoms with Crippen molar-refractivity contribution in [3.63, 3.8) is 0 Å². The van der Waals surface area contributed by atoms with Crippen molar-refractivity contribution in [1.82, 2.24) is 24.5 Å². The van der Waals surface area contributed by atoms with E-state index in [0.29, 0.717) is 34.2 Å². The number of para-hydroxylation sites is 1. The fraction of sp³-hybridized carbons (Fsp3) is 0.150. The highest BCUT2D eigenvalue weighted by molar-refractivity contribution is 7.98. The standard InChI is InChI=1S/C20H19N7OS/c1-12-6-8-13(9-7-12)10-27-17(28)14-4-2-3-5-15(14)23-20(27)29-11-16-24-18(21)26-19(22)25-16/h2-9H,10-11H2,1H3,(H4,21,22,24,25,26). The third-order valence-electron chi connectivity index (χ3n) is 4.33. The first-order valence-corrected chi connectivity index (χ1v) is 9.92. The molecule has 0 spiro atoms. The van der Waals surface area contributed by atoms with Crippen LogP contribution in [0.25, 0.3) is 10.9 Å². The molecule has 0 aliphatic rings. The van der Waals surface area contributed by atoms with Gasteiger partial charge < -0.3 is 11.5 Å². The van der Waals surface area contributed by atoms with Crippen LogP contribution in [0.2, 0.25) is 0 Å². The number of fused-ring (bicyclic) bond motifs is 1. The van der Waals surface area contributed by atoms with E-state index < -0.39 is 0 Å². The third kappa shape index (κ3) is 4.19. The summed E-state index contributed by atoms with van der Waals surface area (Å²) in [6.07, 6.45) is 0. The second-order valence-electron chi connectivity index (χ2n) is 6.55. The van der Waals surface area contributed by atoms with Gasteiger partial charge in [0.25, 0.3) is 5.56 Å². The van der Waals surface area contributed by atoms with Gasteiger partial charge in [-0.25, -0.2) is 4.98 Å². The van der Waals surface area contributed by atoms with Gasteiger partial charge in [-0.1, -0.05) is 53.7 Å². The van der Waals surface area contributed by atoms with Crippen molar-refractivity contribution in [3.8, 4) is 0 Å². The largest absolute Gasteiger partial charge is 0.368 e. The molecule has 0 radical (unpaired) electrons. The molecular weight excluding hydrogens is 386 g/mol. The predicted octanol–water partition coefficient (Wildman–Crippen LogP) is 2.39. The summed E-state index contributed by atoms with van der Waals surface area (Å²) in [4.78, 5) is 29.8. The summed E-state index contributed by atoms with van der Waals surface area (Å²) in [6, 6.07) is 15.4. The molecule has 0 atom stereocenters. The van der Waals surface area contributed by atoms with Crippen molar-refractivity contribution in [2.75, 3.05) is 11.5 Å². The fourth-order valence-corrected chi connectivity index (χ4v) is 3.78. The van der Waals surface area contributed by atoms with Gasteiger partial charge in [-0.3, -0.25) is 9.36 Å². The zero-order valence-electron chi connectivity index (χ0n) is 15.7. The number of nitrogens with zero attached hydrogens (tertiary/aromatic N) is 5. The second-order valence-corrected chi connectivity index (χ2v) is 7.49. The lowest BCUT2D eigenvalue weighted by Crippen LogP contribution is -2.24. The van der Waals surface area contributed by atoms with Crippen molar-refractivity contribution < 1.29 is 0 Å². The van der Waals surface area contributed by atoms with Crippen LogP contribution in [-0.4, -0.2) is 24.5 Å². The number of hydrogen-bond acceptors (Lipinski definition) is 8. The number of rotatable bonds is 5. The molecule has 2 aromatic heterocycles. The van der Waals surface area contributed by atoms with Gasteiger partial charge in [0, 0.05) is 0 Å². The van der Waals surface area contributed by atoms with Crippen LogP contribution in [0.3, 0.4) is 0 Å². The number of nitrogens with two attached hydrogens (primary N) is 2. The highest BCUT2D eigenvalue weighted by Gasteiger charge is 2.13. The normalized spacial score (nSPS) is 11.1. The van der Waals surface area contributed by atoms with E-state index in [2.05, 4.69) is 15.0 Å². The first-order chi connectivity index (χ1) is 14.0. The zero-order chi connectivity index (χ0) is 20.4. The molecule has 0 saturated heterocycles. The molecule has 8 nitrogen and oxygen atoms in total. The molecule has 0 bridgehead atoms. The van der Waals surface area contributed by atoms with Gasteiger partial charge in [0.15, 0.2) is 5.16 Å². The van der Waals surface area contributed by atoms with Gasteiger partial charge in [-0.15, -0.1) is 0 Å². The summed E-state index contributed by atoms with van der Waals surface area (Å²) in [6.45, 7) is 2.45. The van der Waals surface area contributed by atoms with Crippen LogP contribution >= 0.6 is 11.8 Å². The Balaban J connectivity index is 1.74. The molecule has 4 aromatic rings. The van der Waals surface area contributed by atoms with Crippen LogP contribution in [0, 0.1) is 6.92 Å². The summed E-state index contributed by atoms with van der Waals surface area (Å²) in [7, 11) is 0. The van der Waals surface area contributed by atoms with Crippen LogP contribution in [0.15, 0.2) is 58.5 Å². The smallest absolute Gasteiger partial charge is 0.262 e. The zero-order valence-corrected chi connectivity index (χ0v) is 16.6. The van der Waals surface area contributed by atoms with E-state index in [0.717, 1.165) is 11.1 Å². The highest BCUT2D eigenvalue weighted by Crippen LogP contribution is 2.22. The van der Waals surface area contributed by atoms with E-state index in [9.17, 15) is 4.79 Å². The lowest BCUT2D eigenvalue weighted by Gasteiger charge is -2.13. The van der Waals surface area contributed by atoms with E-state index in [-0.39, 0.29) is 17.5 Å². The van der Waals surface area contributed by atoms with Crippen molar-refractivity contribution in [3.05, 3.63) is 75.8 Å². The molecule has 2 heterocycles. The maximum Gasteiger partial charge on any atom is 0.262 e. The lowest BCUT2D eigenvalue weighted by molar-refractivity contribution is 0.657. The number of thioether (sulfide) groups is 1. The third-order valence-corrected chi connectivity index (χ3v) is 5.31. The number of benzene rings is 2. The molecule has 0 amide bonds. The molecule has 0 saturated carbocycles. The molecule has 0 unspecified atom stereocenters. The minimum Gasteiger partial charge on any atom is -0.368 e. The number of aryl methyl sites for hydroxylation is 1. The molecule has 2 aromatic carbocycles. The van der Waals surface area contributed by atoms with Crippen LogP contribution in [0.4, 0.5) is 11.9 Å². The minimum absolute atomic E-state index is 0.0663. The summed E-state index contributed by atoms with van der Waals surface area (Å²) in [5.41, 5.74) is 14.0. The second kappa shape index (κ2) is 7.88. The molecule has 0 aliphatic heterocycles. The van der Waals surface area contributed by atoms with Gasteiger partial charge in [0.2, 0.25) is 11.9 Å². The van der Waals surface area contributed by atoms with Crippen molar-refractivity contribution >= 4 is 34.6 Å². The molecule has 4 rings (SSSR count). The first-order valence-electron chi connectivity index (χ1n) is 8.93. The van der Waals surface area contributed by atoms with Gasteiger partial charge in [0.1, 0.15) is 5.82 Å². The number of anilines is 2. The highest BCUT2D eigenvalue weighted by atomic mass is 32.2. The molecule has 0 fully saturated rings. The Hall–Kier alpha value is -3.46. The Kier molecular flexibility index (Phi) is 5.13. The maximum atomic E-state index is 13.2. The minimum atomic E-state index is -0.0895. The van der Waals surface area contributed by atoms with Crippen molar-refractivity contribution in [1.29, 1.82) is 0 Å². The number of nitrogen functional groups attached to an aromatic ring is 2. The fourth-order valence-electron chi connectivity index (χ4n) is 2.92. The van der Waals surface area contributed by atoms with Crippen LogP contribution in [0.1, 0.15) is 17.0 Å². The van der Waals surface area contributed by atoms with Gasteiger partial charge in [0.05, 0.1) is 23.2 Å². The average molecular weight is 405 g/mol. The number of aromatic nitrogens is 5. The number of hydrogen-bond donors (Lipinski definition) is 2. The van der Waals surface area contributed by atoms with Crippen LogP contribution in [0.5, 0.6) is 0 Å². The van der Waals surface area contributed by atoms with Crippen molar-refractivity contribution in [2.24, 2.45) is 0 Å². The summed E-state index contributed by atoms with van der Waals surface area (Å²) in [5.74, 6) is 0.924. The maximum absolute atomic E-state index is 13.2. The van der Waals surface area contributed by atoms with E-state index in [4.69, 9.17) is 16.5 Å². The van der Waals surface area contributed by atoms with E-state index in [1.807, 2.05) is 49.4 Å². The molecular formula is C20H19N7OS. The van der Waals surface area contributed by atoms with E-state index in [1.54, 1.807) is 10.6 Å². The Morgan fingerprint density at radius 2 is 1.62 bits per heavy atom. The molecule has 29 heavy (non-hydrogen) atoms. The van der Waals surface area contributed by atoms with Gasteiger partial charge in [-0.2, -0.15) is 15.0 Å². The predicted molar refractivity (Wildman–Crippen MR) is 114 cm³/mol. The van der Waals surface area contributed by atoms with Gasteiger partial charge >= 0.3 is 0 Å². The monoisotopic (exact) mass is 405 g/mol. The Morgan fingerprint density at radius 3 is 2.34 bits per heavy atom. The summed E-state index contributed by atoms with van der Waals surface area (Å²) in [5, 5.41) is 1.16. The molecule has 4 N–H and O–H groups in total. The van der Waals surface area contributed by atoms with Gasteiger partial charge in [-0.05, 0) is 24.6 Å². The Labute approximate surface area is 171 Å². The average Bonchev–Trinajstić information content (AvgIpc) is 2.70. The Bertz CT molecular complexity index is 1220. The molecule has 9 heteroatoms. The first kappa shape index (κ1) is 18.9. The summed E-state index contributed by atoms with van der Waals surface area (Å²) >= 11 is 1.36. The van der Waals surface area contributed by atoms with Crippen molar-refractivity contribution in [2.45, 2.75) is 24.4 Å². The Morgan fingerprint density at radius 1 is 0.931 bits per heavy atom. The SMILES string of the molecule is Cc1ccc(Cn2c(SCc3nc(N)nc(N)n3)nc3ccccc3c2=O)cc1. The topological polar surface area (TPSA) is 126 Å².